The van der Waals surface area contributed by atoms with E-state index in [1.165, 1.54) is 0 Å². The van der Waals surface area contributed by atoms with Crippen molar-refractivity contribution >= 4 is 31.8 Å². The monoisotopic (exact) mass is 312 g/mol. The first-order valence-corrected chi connectivity index (χ1v) is 7.56. The average molecular weight is 313 g/mol. The number of hydrogen-bond donors (Lipinski definition) is 3. The first-order chi connectivity index (χ1) is 9.09. The molecule has 20 heavy (non-hydrogen) atoms. The highest BCUT2D eigenvalue weighted by atomic mass is 35.5. The van der Waals surface area contributed by atoms with E-state index in [2.05, 4.69) is 0 Å². The summed E-state index contributed by atoms with van der Waals surface area (Å²) >= 11 is 0. The summed E-state index contributed by atoms with van der Waals surface area (Å²) in [4.78, 5) is 9.29. The Morgan fingerprint density at radius 1 is 0.950 bits per heavy atom. The van der Waals surface area contributed by atoms with Gasteiger partial charge in [-0.15, -0.1) is 12.4 Å². The Bertz CT molecular complexity index is 562. The van der Waals surface area contributed by atoms with Gasteiger partial charge in [-0.3, -0.25) is 4.57 Å². The van der Waals surface area contributed by atoms with Gasteiger partial charge in [-0.2, -0.15) is 0 Å². The van der Waals surface area contributed by atoms with E-state index >= 15 is 0 Å². The van der Waals surface area contributed by atoms with Gasteiger partial charge in [-0.05, 0) is 23.3 Å². The van der Waals surface area contributed by atoms with Crippen molar-refractivity contribution in [2.24, 2.45) is 0 Å². The molecule has 5 N–H and O–H groups in total. The Hall–Kier alpha value is -1.48. The molecule has 0 radical (unpaired) electrons. The minimum absolute atomic E-state index is 0. The molecular formula is C14H18ClN2O2P. The van der Waals surface area contributed by atoms with E-state index in [9.17, 15) is 9.46 Å². The molecular weight excluding hydrogens is 295 g/mol. The molecule has 0 saturated heterocycles. The topological polar surface area (TPSA) is 89.3 Å². The number of nitrogens with two attached hydrogens (primary N) is 2. The maximum atomic E-state index is 11.3. The number of halogens is 1. The van der Waals surface area contributed by atoms with Crippen molar-refractivity contribution in [2.75, 3.05) is 17.6 Å². The van der Waals surface area contributed by atoms with E-state index in [-0.39, 0.29) is 24.5 Å². The van der Waals surface area contributed by atoms with Gasteiger partial charge in [-0.1, -0.05) is 36.4 Å². The van der Waals surface area contributed by atoms with Gasteiger partial charge in [-0.25, -0.2) is 0 Å². The lowest BCUT2D eigenvalue weighted by molar-refractivity contribution is 0.500. The lowest BCUT2D eigenvalue weighted by atomic mass is 9.90. The van der Waals surface area contributed by atoms with Crippen LogP contribution in [0.15, 0.2) is 48.5 Å². The molecule has 0 amide bonds. The Labute approximate surface area is 125 Å². The van der Waals surface area contributed by atoms with Crippen molar-refractivity contribution in [1.82, 2.24) is 0 Å². The lowest BCUT2D eigenvalue weighted by Gasteiger charge is -2.20. The van der Waals surface area contributed by atoms with Crippen LogP contribution in [0.2, 0.25) is 0 Å². The van der Waals surface area contributed by atoms with Crippen LogP contribution in [0.3, 0.4) is 0 Å². The second-order valence-electron chi connectivity index (χ2n) is 4.41. The summed E-state index contributed by atoms with van der Waals surface area (Å²) in [5.74, 6) is -0.251. The van der Waals surface area contributed by atoms with Crippen molar-refractivity contribution in [1.29, 1.82) is 0 Å². The molecule has 0 heterocycles. The predicted molar refractivity (Wildman–Crippen MR) is 86.9 cm³/mol. The second-order valence-corrected chi connectivity index (χ2v) is 5.60. The molecule has 0 bridgehead atoms. The SMILES string of the molecule is Cl.Nc1ccccc1C(C[PH](=O)O)c1ccccc1N. The zero-order chi connectivity index (χ0) is 13.8. The van der Waals surface area contributed by atoms with E-state index in [1.807, 2.05) is 36.4 Å². The Morgan fingerprint density at radius 3 is 1.70 bits per heavy atom. The molecule has 0 spiro atoms. The van der Waals surface area contributed by atoms with Crippen molar-refractivity contribution in [3.05, 3.63) is 59.7 Å². The van der Waals surface area contributed by atoms with Crippen LogP contribution in [0.25, 0.3) is 0 Å². The number of rotatable bonds is 4. The Balaban J connectivity index is 0.00000200. The van der Waals surface area contributed by atoms with E-state index in [0.29, 0.717) is 11.4 Å². The van der Waals surface area contributed by atoms with Gasteiger partial charge in [0.25, 0.3) is 0 Å². The van der Waals surface area contributed by atoms with Crippen LogP contribution >= 0.6 is 20.4 Å². The fraction of sp³-hybridized carbons (Fsp3) is 0.143. The Kier molecular flexibility index (Phi) is 6.08. The molecule has 0 aliphatic carbocycles. The highest BCUT2D eigenvalue weighted by Gasteiger charge is 2.20. The third kappa shape index (κ3) is 3.76. The molecule has 4 nitrogen and oxygen atoms in total. The van der Waals surface area contributed by atoms with Gasteiger partial charge in [0, 0.05) is 23.5 Å². The first-order valence-electron chi connectivity index (χ1n) is 6.00. The second kappa shape index (κ2) is 7.34. The average Bonchev–Trinajstić information content (AvgIpc) is 2.37. The quantitative estimate of drug-likeness (QED) is 0.598. The van der Waals surface area contributed by atoms with Gasteiger partial charge >= 0.3 is 0 Å². The van der Waals surface area contributed by atoms with Crippen molar-refractivity contribution < 1.29 is 9.46 Å². The third-order valence-electron chi connectivity index (χ3n) is 3.12. The molecule has 0 aliphatic heterocycles. The third-order valence-corrected chi connectivity index (χ3v) is 3.88. The molecule has 6 heteroatoms. The van der Waals surface area contributed by atoms with E-state index < -0.39 is 8.03 Å². The molecule has 0 aromatic heterocycles. The molecule has 2 rings (SSSR count). The molecule has 0 aliphatic rings. The fourth-order valence-electron chi connectivity index (χ4n) is 2.22. The van der Waals surface area contributed by atoms with Gasteiger partial charge in [0.1, 0.15) is 0 Å². The maximum absolute atomic E-state index is 11.3. The van der Waals surface area contributed by atoms with Gasteiger partial charge < -0.3 is 16.4 Å². The van der Waals surface area contributed by atoms with Crippen LogP contribution in [0.1, 0.15) is 17.0 Å². The maximum Gasteiger partial charge on any atom is 0.190 e. The van der Waals surface area contributed by atoms with Gasteiger partial charge in [0.15, 0.2) is 8.03 Å². The minimum Gasteiger partial charge on any atom is -0.398 e. The number of benzene rings is 2. The fourth-order valence-corrected chi connectivity index (χ4v) is 3.01. The lowest BCUT2D eigenvalue weighted by Crippen LogP contribution is -2.09. The largest absolute Gasteiger partial charge is 0.398 e. The number of nitrogen functional groups attached to an aromatic ring is 2. The predicted octanol–water partition coefficient (Wildman–Crippen LogP) is 2.87. The number of anilines is 2. The summed E-state index contributed by atoms with van der Waals surface area (Å²) < 4.78 is 11.3. The molecule has 1 atom stereocenters. The van der Waals surface area contributed by atoms with Crippen LogP contribution in [0.5, 0.6) is 0 Å². The molecule has 2 aromatic rings. The highest BCUT2D eigenvalue weighted by molar-refractivity contribution is 7.38. The van der Waals surface area contributed by atoms with Gasteiger partial charge in [0.05, 0.1) is 0 Å². The zero-order valence-electron chi connectivity index (χ0n) is 10.8. The molecule has 2 aromatic carbocycles. The molecule has 1 unspecified atom stereocenters. The van der Waals surface area contributed by atoms with Crippen LogP contribution in [-0.4, -0.2) is 11.1 Å². The standard InChI is InChI=1S/C14H17N2O2P.ClH/c15-13-7-3-1-5-10(13)12(9-19(17)18)11-6-2-4-8-14(11)16;/h1-8,12,19H,9,15-16H2,(H,17,18);1H. The summed E-state index contributed by atoms with van der Waals surface area (Å²) in [5.41, 5.74) is 14.8. The summed E-state index contributed by atoms with van der Waals surface area (Å²) in [5, 5.41) is 0. The number of hydrogen-bond acceptors (Lipinski definition) is 3. The van der Waals surface area contributed by atoms with Gasteiger partial charge in [0.2, 0.25) is 0 Å². The van der Waals surface area contributed by atoms with Crippen LogP contribution < -0.4 is 11.5 Å². The summed E-state index contributed by atoms with van der Waals surface area (Å²) in [6.07, 6.45) is 0.146. The molecule has 108 valence electrons. The smallest absolute Gasteiger partial charge is 0.190 e. The summed E-state index contributed by atoms with van der Waals surface area (Å²) in [6.45, 7) is 0. The molecule has 0 fully saturated rings. The van der Waals surface area contributed by atoms with E-state index in [1.54, 1.807) is 12.1 Å². The van der Waals surface area contributed by atoms with Crippen LogP contribution in [0.4, 0.5) is 11.4 Å². The van der Waals surface area contributed by atoms with Crippen molar-refractivity contribution in [2.45, 2.75) is 5.92 Å². The summed E-state index contributed by atoms with van der Waals surface area (Å²) in [6, 6.07) is 14.7. The van der Waals surface area contributed by atoms with Crippen molar-refractivity contribution in [3.63, 3.8) is 0 Å². The normalized spacial score (nSPS) is 11.9. The highest BCUT2D eigenvalue weighted by Crippen LogP contribution is 2.37. The summed E-state index contributed by atoms with van der Waals surface area (Å²) in [7, 11) is -2.62. The van der Waals surface area contributed by atoms with Crippen molar-refractivity contribution in [3.8, 4) is 0 Å². The molecule has 0 saturated carbocycles. The van der Waals surface area contributed by atoms with Crippen LogP contribution in [-0.2, 0) is 4.57 Å². The Morgan fingerprint density at radius 2 is 1.35 bits per heavy atom. The first kappa shape index (κ1) is 16.6. The minimum atomic E-state index is -2.62. The van der Waals surface area contributed by atoms with Crippen LogP contribution in [0, 0.1) is 0 Å². The zero-order valence-corrected chi connectivity index (χ0v) is 12.6. The number of para-hydroxylation sites is 2. The van der Waals surface area contributed by atoms with E-state index in [4.69, 9.17) is 11.5 Å². The van der Waals surface area contributed by atoms with E-state index in [0.717, 1.165) is 11.1 Å².